The first-order valence-corrected chi connectivity index (χ1v) is 3.18. The number of allylic oxidation sites excluding steroid dienone is 1. The van der Waals surface area contributed by atoms with Crippen molar-refractivity contribution in [2.75, 3.05) is 13.6 Å². The van der Waals surface area contributed by atoms with Gasteiger partial charge in [-0.25, -0.2) is 4.39 Å². The van der Waals surface area contributed by atoms with Gasteiger partial charge in [0.25, 0.3) is 0 Å². The third-order valence-electron chi connectivity index (χ3n) is 1.14. The zero-order chi connectivity index (χ0) is 10.7. The molecule has 0 rings (SSSR count). The molecular weight excluding hydrogens is 200 g/mol. The van der Waals surface area contributed by atoms with Crippen LogP contribution in [-0.4, -0.2) is 25.7 Å². The summed E-state index contributed by atoms with van der Waals surface area (Å²) in [6.45, 7) is -0.391. The van der Waals surface area contributed by atoms with Gasteiger partial charge in [-0.15, -0.1) is 0 Å². The summed E-state index contributed by atoms with van der Waals surface area (Å²) in [4.78, 5) is 0. The molecule has 0 atom stereocenters. The molecule has 0 unspecified atom stereocenters. The Balaban J connectivity index is 4.63. The lowest BCUT2D eigenvalue weighted by Crippen LogP contribution is -2.37. The van der Waals surface area contributed by atoms with Gasteiger partial charge in [-0.3, -0.25) is 0 Å². The van der Waals surface area contributed by atoms with Crippen molar-refractivity contribution in [3.63, 3.8) is 0 Å². The lowest BCUT2D eigenvalue weighted by Gasteiger charge is -2.17. The van der Waals surface area contributed by atoms with Crippen LogP contribution in [0.15, 0.2) is 11.9 Å². The van der Waals surface area contributed by atoms with Gasteiger partial charge >= 0.3 is 12.1 Å². The third kappa shape index (κ3) is 2.91. The predicted octanol–water partition coefficient (Wildman–Crippen LogP) is 2.26. The Morgan fingerprint density at radius 2 is 1.69 bits per heavy atom. The molecule has 7 heteroatoms. The van der Waals surface area contributed by atoms with Crippen molar-refractivity contribution in [2.45, 2.75) is 12.1 Å². The maximum Gasteiger partial charge on any atom is 0.460 e. The highest BCUT2D eigenvalue weighted by molar-refractivity contribution is 5.08. The summed E-state index contributed by atoms with van der Waals surface area (Å²) in [6.07, 6.45) is -5.74. The Kier molecular flexibility index (Phi) is 3.77. The smallest absolute Gasteiger partial charge is 0.316 e. The Morgan fingerprint density at radius 1 is 1.23 bits per heavy atom. The van der Waals surface area contributed by atoms with Gasteiger partial charge in [0.05, 0.1) is 0 Å². The van der Waals surface area contributed by atoms with Crippen LogP contribution in [-0.2, 0) is 0 Å². The van der Waals surface area contributed by atoms with Gasteiger partial charge in [-0.1, -0.05) is 0 Å². The van der Waals surface area contributed by atoms with Gasteiger partial charge in [-0.2, -0.15) is 22.0 Å². The van der Waals surface area contributed by atoms with E-state index in [4.69, 9.17) is 0 Å². The molecular formula is C6H7F6N. The lowest BCUT2D eigenvalue weighted by atomic mass is 10.2. The van der Waals surface area contributed by atoms with Crippen LogP contribution in [0, 0.1) is 0 Å². The highest BCUT2D eigenvalue weighted by atomic mass is 19.4. The standard InChI is InChI=1S/C6H7F6N/c1-13-3-2-4(7)5(8,9)6(10,11)12/h2,13H,3H2,1H3. The van der Waals surface area contributed by atoms with E-state index < -0.39 is 24.5 Å². The molecule has 0 fully saturated rings. The number of likely N-dealkylation sites (N-methyl/N-ethyl adjacent to an activating group) is 1. The molecule has 0 radical (unpaired) electrons. The molecule has 0 aliphatic heterocycles. The first-order valence-electron chi connectivity index (χ1n) is 3.18. The minimum atomic E-state index is -5.89. The van der Waals surface area contributed by atoms with Crippen molar-refractivity contribution >= 4 is 0 Å². The number of halogens is 6. The maximum absolute atomic E-state index is 12.2. The maximum atomic E-state index is 12.2. The number of hydrogen-bond donors (Lipinski definition) is 1. The fourth-order valence-electron chi connectivity index (χ4n) is 0.455. The summed E-state index contributed by atoms with van der Waals surface area (Å²) in [7, 11) is 1.29. The topological polar surface area (TPSA) is 12.0 Å². The van der Waals surface area contributed by atoms with Crippen molar-refractivity contribution in [3.8, 4) is 0 Å². The molecule has 78 valence electrons. The van der Waals surface area contributed by atoms with E-state index in [1.54, 1.807) is 0 Å². The first-order chi connectivity index (χ1) is 5.73. The molecule has 0 spiro atoms. The van der Waals surface area contributed by atoms with Gasteiger partial charge in [0.1, 0.15) is 0 Å². The molecule has 0 aliphatic carbocycles. The van der Waals surface area contributed by atoms with Crippen molar-refractivity contribution in [3.05, 3.63) is 11.9 Å². The lowest BCUT2D eigenvalue weighted by molar-refractivity contribution is -0.270. The van der Waals surface area contributed by atoms with E-state index in [2.05, 4.69) is 5.32 Å². The molecule has 0 aromatic heterocycles. The van der Waals surface area contributed by atoms with E-state index >= 15 is 0 Å². The Bertz CT molecular complexity index is 194. The van der Waals surface area contributed by atoms with Crippen molar-refractivity contribution in [1.29, 1.82) is 0 Å². The molecule has 0 bridgehead atoms. The molecule has 13 heavy (non-hydrogen) atoms. The van der Waals surface area contributed by atoms with E-state index in [-0.39, 0.29) is 6.08 Å². The molecule has 0 saturated carbocycles. The van der Waals surface area contributed by atoms with Crippen LogP contribution in [0.4, 0.5) is 26.3 Å². The van der Waals surface area contributed by atoms with Crippen LogP contribution >= 0.6 is 0 Å². The molecule has 0 saturated heterocycles. The van der Waals surface area contributed by atoms with E-state index in [0.717, 1.165) is 0 Å². The molecule has 1 nitrogen and oxygen atoms in total. The van der Waals surface area contributed by atoms with Crippen LogP contribution in [0.3, 0.4) is 0 Å². The summed E-state index contributed by atoms with van der Waals surface area (Å²) in [5, 5.41) is 2.21. The van der Waals surface area contributed by atoms with Gasteiger partial charge in [0.2, 0.25) is 0 Å². The minimum absolute atomic E-state index is 0.146. The number of nitrogens with one attached hydrogen (secondary N) is 1. The monoisotopic (exact) mass is 207 g/mol. The van der Waals surface area contributed by atoms with E-state index in [9.17, 15) is 26.3 Å². The quantitative estimate of drug-likeness (QED) is 0.700. The van der Waals surface area contributed by atoms with Gasteiger partial charge < -0.3 is 5.32 Å². The fourth-order valence-corrected chi connectivity index (χ4v) is 0.455. The van der Waals surface area contributed by atoms with Gasteiger partial charge in [0, 0.05) is 6.54 Å². The van der Waals surface area contributed by atoms with Crippen molar-refractivity contribution < 1.29 is 26.3 Å². The SMILES string of the molecule is CNCC=C(F)C(F)(F)C(F)(F)F. The van der Waals surface area contributed by atoms with E-state index in [1.165, 1.54) is 7.05 Å². The van der Waals surface area contributed by atoms with Crippen LogP contribution in [0.5, 0.6) is 0 Å². The fraction of sp³-hybridized carbons (Fsp3) is 0.667. The highest BCUT2D eigenvalue weighted by Crippen LogP contribution is 2.41. The highest BCUT2D eigenvalue weighted by Gasteiger charge is 2.60. The average molecular weight is 207 g/mol. The van der Waals surface area contributed by atoms with Crippen molar-refractivity contribution in [1.82, 2.24) is 5.32 Å². The molecule has 0 amide bonds. The molecule has 1 N–H and O–H groups in total. The van der Waals surface area contributed by atoms with Gasteiger partial charge in [-0.05, 0) is 13.1 Å². The Labute approximate surface area is 70.4 Å². The van der Waals surface area contributed by atoms with E-state index in [1.807, 2.05) is 0 Å². The second-order valence-corrected chi connectivity index (χ2v) is 2.18. The zero-order valence-electron chi connectivity index (χ0n) is 6.55. The second-order valence-electron chi connectivity index (χ2n) is 2.18. The summed E-state index contributed by atoms with van der Waals surface area (Å²) in [6, 6.07) is 0. The first kappa shape index (κ1) is 12.3. The Morgan fingerprint density at radius 3 is 2.00 bits per heavy atom. The zero-order valence-corrected chi connectivity index (χ0v) is 6.55. The van der Waals surface area contributed by atoms with Crippen LogP contribution < -0.4 is 5.32 Å². The summed E-state index contributed by atoms with van der Waals surface area (Å²) in [5.74, 6) is -7.89. The molecule has 0 heterocycles. The van der Waals surface area contributed by atoms with Crippen LogP contribution in [0.2, 0.25) is 0 Å². The van der Waals surface area contributed by atoms with Crippen LogP contribution in [0.25, 0.3) is 0 Å². The molecule has 0 aromatic carbocycles. The summed E-state index contributed by atoms with van der Waals surface area (Å²) in [5.41, 5.74) is 0. The largest absolute Gasteiger partial charge is 0.460 e. The average Bonchev–Trinajstić information content (AvgIpc) is 1.97. The molecule has 0 aliphatic rings. The number of rotatable bonds is 3. The Hall–Kier alpha value is -0.720. The molecule has 0 aromatic rings. The van der Waals surface area contributed by atoms with Crippen molar-refractivity contribution in [2.24, 2.45) is 0 Å². The summed E-state index contributed by atoms with van der Waals surface area (Å²) >= 11 is 0. The second kappa shape index (κ2) is 3.99. The van der Waals surface area contributed by atoms with E-state index in [0.29, 0.717) is 0 Å². The third-order valence-corrected chi connectivity index (χ3v) is 1.14. The number of hydrogen-bond acceptors (Lipinski definition) is 1. The predicted molar refractivity (Wildman–Crippen MR) is 34.1 cm³/mol. The van der Waals surface area contributed by atoms with Gasteiger partial charge in [0.15, 0.2) is 5.83 Å². The number of alkyl halides is 5. The summed E-state index contributed by atoms with van der Waals surface area (Å²) < 4.78 is 70.7. The minimum Gasteiger partial charge on any atom is -0.316 e. The van der Waals surface area contributed by atoms with Crippen LogP contribution in [0.1, 0.15) is 0 Å². The normalized spacial score (nSPS) is 14.8.